The highest BCUT2D eigenvalue weighted by Crippen LogP contribution is 2.18. The lowest BCUT2D eigenvalue weighted by molar-refractivity contribution is -0.201. The van der Waals surface area contributed by atoms with Crippen molar-refractivity contribution in [2.45, 2.75) is 38.5 Å². The van der Waals surface area contributed by atoms with Crippen molar-refractivity contribution in [3.63, 3.8) is 0 Å². The van der Waals surface area contributed by atoms with Gasteiger partial charge in [0.05, 0.1) is 12.2 Å². The highest BCUT2D eigenvalue weighted by Gasteiger charge is 2.40. The molecular formula is C10H15F3O5. The third-order valence-corrected chi connectivity index (χ3v) is 1.98. The number of ether oxygens (including phenoxy) is 2. The molecule has 0 saturated carbocycles. The summed E-state index contributed by atoms with van der Waals surface area (Å²) in [6.45, 7) is 2.44. The Morgan fingerprint density at radius 1 is 1.17 bits per heavy atom. The third kappa shape index (κ3) is 7.88. The Kier molecular flexibility index (Phi) is 6.10. The molecule has 5 nitrogen and oxygen atoms in total. The molecule has 1 N–H and O–H groups in total. The SMILES string of the molecule is CC(C)(CCC(=O)O)OCCOC(=O)C(F)(F)F. The Balaban J connectivity index is 3.83. The molecule has 0 aromatic heterocycles. The van der Waals surface area contributed by atoms with E-state index < -0.39 is 30.3 Å². The predicted octanol–water partition coefficient (Wildman–Crippen LogP) is 1.75. The van der Waals surface area contributed by atoms with Crippen LogP contribution in [0.2, 0.25) is 0 Å². The number of carboxylic acids is 1. The number of esters is 1. The lowest BCUT2D eigenvalue weighted by Crippen LogP contribution is -2.30. The van der Waals surface area contributed by atoms with Crippen LogP contribution in [-0.4, -0.2) is 42.0 Å². The van der Waals surface area contributed by atoms with Crippen molar-refractivity contribution in [3.05, 3.63) is 0 Å². The first-order valence-electron chi connectivity index (χ1n) is 5.14. The summed E-state index contributed by atoms with van der Waals surface area (Å²) >= 11 is 0. The van der Waals surface area contributed by atoms with Crippen LogP contribution in [0, 0.1) is 0 Å². The Morgan fingerprint density at radius 3 is 2.17 bits per heavy atom. The average molecular weight is 272 g/mol. The van der Waals surface area contributed by atoms with Gasteiger partial charge in [-0.25, -0.2) is 4.79 Å². The summed E-state index contributed by atoms with van der Waals surface area (Å²) in [4.78, 5) is 20.6. The monoisotopic (exact) mass is 272 g/mol. The number of hydrogen-bond acceptors (Lipinski definition) is 4. The Labute approximate surface area is 102 Å². The first kappa shape index (κ1) is 16.7. The van der Waals surface area contributed by atoms with Gasteiger partial charge in [0.1, 0.15) is 6.61 Å². The molecule has 0 aromatic carbocycles. The van der Waals surface area contributed by atoms with Crippen molar-refractivity contribution in [2.75, 3.05) is 13.2 Å². The maximum atomic E-state index is 11.7. The smallest absolute Gasteiger partial charge is 0.481 e. The molecule has 0 amide bonds. The standard InChI is InChI=1S/C10H15F3O5/c1-9(2,4-3-7(14)15)18-6-5-17-8(16)10(11,12)13/h3-6H2,1-2H3,(H,14,15). The molecule has 0 atom stereocenters. The minimum atomic E-state index is -5.02. The van der Waals surface area contributed by atoms with Crippen LogP contribution in [0.25, 0.3) is 0 Å². The molecule has 0 bridgehead atoms. The van der Waals surface area contributed by atoms with E-state index in [1.807, 2.05) is 0 Å². The Morgan fingerprint density at radius 2 is 1.72 bits per heavy atom. The lowest BCUT2D eigenvalue weighted by Gasteiger charge is -2.24. The van der Waals surface area contributed by atoms with E-state index in [2.05, 4.69) is 4.74 Å². The first-order valence-corrected chi connectivity index (χ1v) is 5.14. The van der Waals surface area contributed by atoms with Gasteiger partial charge >= 0.3 is 18.1 Å². The molecule has 0 aliphatic rings. The number of carboxylic acid groups (broad SMARTS) is 1. The number of alkyl halides is 3. The van der Waals surface area contributed by atoms with Crippen molar-refractivity contribution in [1.82, 2.24) is 0 Å². The molecule has 106 valence electrons. The van der Waals surface area contributed by atoms with E-state index in [4.69, 9.17) is 9.84 Å². The fraction of sp³-hybridized carbons (Fsp3) is 0.800. The summed E-state index contributed by atoms with van der Waals surface area (Å²) < 4.78 is 44.3. The van der Waals surface area contributed by atoms with Crippen LogP contribution in [0.4, 0.5) is 13.2 Å². The molecule has 18 heavy (non-hydrogen) atoms. The topological polar surface area (TPSA) is 72.8 Å². The number of hydrogen-bond donors (Lipinski definition) is 1. The van der Waals surface area contributed by atoms with Crippen molar-refractivity contribution >= 4 is 11.9 Å². The summed E-state index contributed by atoms with van der Waals surface area (Å²) in [6, 6.07) is 0. The largest absolute Gasteiger partial charge is 0.490 e. The second-order valence-corrected chi connectivity index (χ2v) is 4.14. The van der Waals surface area contributed by atoms with E-state index in [1.54, 1.807) is 13.8 Å². The maximum absolute atomic E-state index is 11.7. The van der Waals surface area contributed by atoms with Crippen molar-refractivity contribution in [3.8, 4) is 0 Å². The van der Waals surface area contributed by atoms with E-state index in [0.717, 1.165) is 0 Å². The Bertz CT molecular complexity index is 298. The number of halogens is 3. The van der Waals surface area contributed by atoms with Crippen LogP contribution in [-0.2, 0) is 19.1 Å². The molecule has 0 aliphatic heterocycles. The van der Waals surface area contributed by atoms with Gasteiger partial charge in [-0.05, 0) is 20.3 Å². The van der Waals surface area contributed by atoms with Gasteiger partial charge in [0.2, 0.25) is 0 Å². The fourth-order valence-corrected chi connectivity index (χ4v) is 1.01. The molecule has 0 heterocycles. The summed E-state index contributed by atoms with van der Waals surface area (Å²) in [6.07, 6.45) is -4.93. The fourth-order valence-electron chi connectivity index (χ4n) is 1.01. The molecule has 0 rings (SSSR count). The quantitative estimate of drug-likeness (QED) is 0.564. The van der Waals surface area contributed by atoms with Gasteiger partial charge in [-0.15, -0.1) is 0 Å². The van der Waals surface area contributed by atoms with Gasteiger partial charge < -0.3 is 14.6 Å². The normalized spacial score (nSPS) is 12.3. The molecule has 0 aliphatic carbocycles. The zero-order valence-electron chi connectivity index (χ0n) is 10.0. The van der Waals surface area contributed by atoms with E-state index in [9.17, 15) is 22.8 Å². The molecule has 0 aromatic rings. The zero-order valence-corrected chi connectivity index (χ0v) is 10.0. The van der Waals surface area contributed by atoms with Crippen LogP contribution in [0.3, 0.4) is 0 Å². The molecule has 0 unspecified atom stereocenters. The van der Waals surface area contributed by atoms with Crippen molar-refractivity contribution < 1.29 is 37.3 Å². The lowest BCUT2D eigenvalue weighted by atomic mass is 10.0. The van der Waals surface area contributed by atoms with Gasteiger partial charge in [0.15, 0.2) is 0 Å². The molecule has 8 heteroatoms. The second-order valence-electron chi connectivity index (χ2n) is 4.14. The minimum Gasteiger partial charge on any atom is -0.481 e. The Hall–Kier alpha value is -1.31. The molecular weight excluding hydrogens is 257 g/mol. The second kappa shape index (κ2) is 6.58. The summed E-state index contributed by atoms with van der Waals surface area (Å²) in [7, 11) is 0. The number of aliphatic carboxylic acids is 1. The summed E-state index contributed by atoms with van der Waals surface area (Å²) in [5.41, 5.74) is -0.803. The van der Waals surface area contributed by atoms with E-state index in [0.29, 0.717) is 0 Å². The van der Waals surface area contributed by atoms with Gasteiger partial charge in [-0.1, -0.05) is 0 Å². The van der Waals surface area contributed by atoms with E-state index in [1.165, 1.54) is 0 Å². The van der Waals surface area contributed by atoms with Gasteiger partial charge in [-0.3, -0.25) is 4.79 Å². The van der Waals surface area contributed by atoms with E-state index in [-0.39, 0.29) is 19.4 Å². The first-order chi connectivity index (χ1) is 8.04. The highest BCUT2D eigenvalue weighted by atomic mass is 19.4. The van der Waals surface area contributed by atoms with Crippen LogP contribution in [0.5, 0.6) is 0 Å². The molecule has 0 radical (unpaired) electrons. The van der Waals surface area contributed by atoms with Crippen LogP contribution in [0.1, 0.15) is 26.7 Å². The number of carbonyl (C=O) groups is 2. The summed E-state index contributed by atoms with van der Waals surface area (Å²) in [5.74, 6) is -3.26. The van der Waals surface area contributed by atoms with Crippen molar-refractivity contribution in [2.24, 2.45) is 0 Å². The van der Waals surface area contributed by atoms with Gasteiger partial charge in [-0.2, -0.15) is 13.2 Å². The van der Waals surface area contributed by atoms with E-state index >= 15 is 0 Å². The van der Waals surface area contributed by atoms with Crippen LogP contribution >= 0.6 is 0 Å². The maximum Gasteiger partial charge on any atom is 0.490 e. The third-order valence-electron chi connectivity index (χ3n) is 1.98. The zero-order chi connectivity index (χ0) is 14.4. The molecule has 0 saturated heterocycles. The summed E-state index contributed by atoms with van der Waals surface area (Å²) in [5, 5.41) is 8.46. The van der Waals surface area contributed by atoms with Gasteiger partial charge in [0, 0.05) is 6.42 Å². The average Bonchev–Trinajstić information content (AvgIpc) is 2.20. The van der Waals surface area contributed by atoms with Crippen LogP contribution in [0.15, 0.2) is 0 Å². The number of carbonyl (C=O) groups excluding carboxylic acids is 1. The molecule has 0 fully saturated rings. The van der Waals surface area contributed by atoms with Gasteiger partial charge in [0.25, 0.3) is 0 Å². The van der Waals surface area contributed by atoms with Crippen molar-refractivity contribution in [1.29, 1.82) is 0 Å². The van der Waals surface area contributed by atoms with Crippen LogP contribution < -0.4 is 0 Å². The predicted molar refractivity (Wildman–Crippen MR) is 53.9 cm³/mol. The minimum absolute atomic E-state index is 0.116. The number of rotatable bonds is 7. The highest BCUT2D eigenvalue weighted by molar-refractivity contribution is 5.75. The molecule has 0 spiro atoms.